The topological polar surface area (TPSA) is 111 Å². The first-order valence-corrected chi connectivity index (χ1v) is 6.17. The van der Waals surface area contributed by atoms with Gasteiger partial charge in [-0.1, -0.05) is 0 Å². The third-order valence-electron chi connectivity index (χ3n) is 3.11. The molecule has 8 nitrogen and oxygen atoms in total. The Morgan fingerprint density at radius 1 is 1.60 bits per heavy atom. The normalized spacial score (nSPS) is 25.6. The largest absolute Gasteiger partial charge is 0.463 e. The summed E-state index contributed by atoms with van der Waals surface area (Å²) in [4.78, 5) is 35.9. The van der Waals surface area contributed by atoms with Crippen molar-refractivity contribution >= 4 is 5.97 Å². The Morgan fingerprint density at radius 2 is 2.30 bits per heavy atom. The third-order valence-corrected chi connectivity index (χ3v) is 3.11. The summed E-state index contributed by atoms with van der Waals surface area (Å²) >= 11 is 0. The smallest absolute Gasteiger partial charge is 0.330 e. The summed E-state index contributed by atoms with van der Waals surface area (Å²) in [5, 5.41) is 9.84. The lowest BCUT2D eigenvalue weighted by Crippen LogP contribution is -2.33. The lowest BCUT2D eigenvalue weighted by Gasteiger charge is -2.16. The van der Waals surface area contributed by atoms with E-state index in [-0.39, 0.29) is 13.0 Å². The molecule has 110 valence electrons. The predicted molar refractivity (Wildman–Crippen MR) is 67.2 cm³/mol. The number of aryl methyl sites for hydroxylation is 1. The molecule has 1 fully saturated rings. The van der Waals surface area contributed by atoms with E-state index in [1.54, 1.807) is 6.92 Å². The van der Waals surface area contributed by atoms with Gasteiger partial charge in [0.2, 0.25) is 0 Å². The lowest BCUT2D eigenvalue weighted by atomic mass is 10.2. The van der Waals surface area contributed by atoms with Crippen molar-refractivity contribution in [1.29, 1.82) is 0 Å². The number of carbonyl (C=O) groups excluding carboxylic acids is 1. The summed E-state index contributed by atoms with van der Waals surface area (Å²) < 4.78 is 11.5. The molecule has 0 amide bonds. The standard InChI is InChI=1S/C12H16N2O6/c1-6-4-14(12(18)13-11(6)17)10-3-8(16)9(20-10)5-19-7(2)15/h4,8-10,16H,3,5H2,1-2H3,(H,13,17,18)/t8?,9-,10-/m1/s1. The number of nitrogens with one attached hydrogen (secondary N) is 1. The number of esters is 1. The zero-order chi connectivity index (χ0) is 14.9. The predicted octanol–water partition coefficient (Wildman–Crippen LogP) is -0.943. The van der Waals surface area contributed by atoms with Crippen LogP contribution in [0.25, 0.3) is 0 Å². The number of aromatic amines is 1. The third kappa shape index (κ3) is 2.97. The van der Waals surface area contributed by atoms with Crippen molar-refractivity contribution in [3.63, 3.8) is 0 Å². The summed E-state index contributed by atoms with van der Waals surface area (Å²) in [7, 11) is 0. The second-order valence-corrected chi connectivity index (χ2v) is 4.71. The number of hydrogen-bond acceptors (Lipinski definition) is 6. The molecule has 1 saturated heterocycles. The van der Waals surface area contributed by atoms with Crippen LogP contribution in [0.2, 0.25) is 0 Å². The molecule has 1 aliphatic rings. The fourth-order valence-corrected chi connectivity index (χ4v) is 2.04. The molecule has 1 aromatic rings. The van der Waals surface area contributed by atoms with E-state index >= 15 is 0 Å². The maximum Gasteiger partial charge on any atom is 0.330 e. The fourth-order valence-electron chi connectivity index (χ4n) is 2.04. The van der Waals surface area contributed by atoms with Gasteiger partial charge in [-0.3, -0.25) is 19.1 Å². The van der Waals surface area contributed by atoms with Gasteiger partial charge in [-0.25, -0.2) is 4.79 Å². The zero-order valence-electron chi connectivity index (χ0n) is 11.2. The van der Waals surface area contributed by atoms with Gasteiger partial charge in [0, 0.05) is 25.1 Å². The average molecular weight is 284 g/mol. The Labute approximate surface area is 114 Å². The van der Waals surface area contributed by atoms with Crippen LogP contribution >= 0.6 is 0 Å². The quantitative estimate of drug-likeness (QED) is 0.693. The van der Waals surface area contributed by atoms with Gasteiger partial charge in [0.05, 0.1) is 6.10 Å². The van der Waals surface area contributed by atoms with Gasteiger partial charge >= 0.3 is 11.7 Å². The molecule has 0 aromatic carbocycles. The Balaban J connectivity index is 2.16. The summed E-state index contributed by atoms with van der Waals surface area (Å²) in [6.07, 6.45) is -0.681. The van der Waals surface area contributed by atoms with E-state index in [2.05, 4.69) is 4.98 Å². The van der Waals surface area contributed by atoms with Gasteiger partial charge < -0.3 is 14.6 Å². The molecule has 1 aliphatic heterocycles. The van der Waals surface area contributed by atoms with Gasteiger partial charge in [0.1, 0.15) is 18.9 Å². The number of aromatic nitrogens is 2. The molecule has 20 heavy (non-hydrogen) atoms. The molecular weight excluding hydrogens is 268 g/mol. The van der Waals surface area contributed by atoms with Crippen molar-refractivity contribution in [2.75, 3.05) is 6.61 Å². The minimum Gasteiger partial charge on any atom is -0.463 e. The van der Waals surface area contributed by atoms with Crippen LogP contribution in [-0.2, 0) is 14.3 Å². The van der Waals surface area contributed by atoms with Crippen molar-refractivity contribution in [2.24, 2.45) is 0 Å². The molecule has 1 unspecified atom stereocenters. The van der Waals surface area contributed by atoms with Crippen molar-refractivity contribution < 1.29 is 19.4 Å². The number of ether oxygens (including phenoxy) is 2. The van der Waals surface area contributed by atoms with Crippen LogP contribution in [0.4, 0.5) is 0 Å². The maximum absolute atomic E-state index is 11.7. The van der Waals surface area contributed by atoms with E-state index in [0.717, 1.165) is 0 Å². The summed E-state index contributed by atoms with van der Waals surface area (Å²) in [5.74, 6) is -0.471. The summed E-state index contributed by atoms with van der Waals surface area (Å²) in [5.41, 5.74) is -0.696. The van der Waals surface area contributed by atoms with E-state index in [9.17, 15) is 19.5 Å². The van der Waals surface area contributed by atoms with Crippen molar-refractivity contribution in [1.82, 2.24) is 9.55 Å². The molecular formula is C12H16N2O6. The van der Waals surface area contributed by atoms with E-state index in [0.29, 0.717) is 5.56 Å². The number of aliphatic hydroxyl groups excluding tert-OH is 1. The first kappa shape index (κ1) is 14.5. The Bertz CT molecular complexity index is 619. The van der Waals surface area contributed by atoms with Crippen LogP contribution in [-0.4, -0.2) is 39.4 Å². The number of aliphatic hydroxyl groups is 1. The maximum atomic E-state index is 11.7. The lowest BCUT2D eigenvalue weighted by molar-refractivity contribution is -0.147. The van der Waals surface area contributed by atoms with Gasteiger partial charge in [0.15, 0.2) is 0 Å². The van der Waals surface area contributed by atoms with Crippen LogP contribution in [0.3, 0.4) is 0 Å². The molecule has 0 spiro atoms. The van der Waals surface area contributed by atoms with E-state index in [1.165, 1.54) is 17.7 Å². The highest BCUT2D eigenvalue weighted by molar-refractivity contribution is 5.65. The van der Waals surface area contributed by atoms with Crippen LogP contribution in [0.5, 0.6) is 0 Å². The number of nitrogens with zero attached hydrogens (tertiary/aromatic N) is 1. The van der Waals surface area contributed by atoms with Crippen molar-refractivity contribution in [3.05, 3.63) is 32.6 Å². The Morgan fingerprint density at radius 3 is 2.95 bits per heavy atom. The zero-order valence-corrected chi connectivity index (χ0v) is 11.2. The fraction of sp³-hybridized carbons (Fsp3) is 0.583. The van der Waals surface area contributed by atoms with E-state index < -0.39 is 35.7 Å². The van der Waals surface area contributed by atoms with Crippen molar-refractivity contribution in [2.45, 2.75) is 38.7 Å². The highest BCUT2D eigenvalue weighted by Crippen LogP contribution is 2.27. The van der Waals surface area contributed by atoms with Crippen LogP contribution < -0.4 is 11.2 Å². The van der Waals surface area contributed by atoms with Gasteiger partial charge in [-0.2, -0.15) is 0 Å². The SMILES string of the molecule is CC(=O)OC[C@H]1O[C@@H](n2cc(C)c(=O)[nH]c2=O)CC1O. The minimum atomic E-state index is -0.849. The van der Waals surface area contributed by atoms with Gasteiger partial charge in [0.25, 0.3) is 5.56 Å². The molecule has 0 aliphatic carbocycles. The highest BCUT2D eigenvalue weighted by Gasteiger charge is 2.36. The number of carbonyl (C=O) groups is 1. The number of rotatable bonds is 3. The molecule has 2 rings (SSSR count). The molecule has 0 saturated carbocycles. The molecule has 3 atom stereocenters. The molecule has 0 bridgehead atoms. The molecule has 0 radical (unpaired) electrons. The van der Waals surface area contributed by atoms with Gasteiger partial charge in [-0.15, -0.1) is 0 Å². The second-order valence-electron chi connectivity index (χ2n) is 4.71. The molecule has 8 heteroatoms. The highest BCUT2D eigenvalue weighted by atomic mass is 16.6. The van der Waals surface area contributed by atoms with Gasteiger partial charge in [-0.05, 0) is 6.92 Å². The second kappa shape index (κ2) is 5.59. The number of hydrogen-bond donors (Lipinski definition) is 2. The Kier molecular flexibility index (Phi) is 4.05. The first-order valence-electron chi connectivity index (χ1n) is 6.17. The van der Waals surface area contributed by atoms with E-state index in [4.69, 9.17) is 9.47 Å². The number of H-pyrrole nitrogens is 1. The minimum absolute atomic E-state index is 0.0793. The summed E-state index contributed by atoms with van der Waals surface area (Å²) in [6.45, 7) is 2.75. The van der Waals surface area contributed by atoms with E-state index in [1.807, 2.05) is 0 Å². The van der Waals surface area contributed by atoms with Crippen LogP contribution in [0.15, 0.2) is 15.8 Å². The summed E-state index contributed by atoms with van der Waals surface area (Å²) in [6, 6.07) is 0. The first-order chi connectivity index (χ1) is 9.38. The molecule has 2 N–H and O–H groups in total. The Hall–Kier alpha value is -1.93. The van der Waals surface area contributed by atoms with Crippen LogP contribution in [0.1, 0.15) is 25.1 Å². The van der Waals surface area contributed by atoms with Crippen LogP contribution in [0, 0.1) is 6.92 Å². The van der Waals surface area contributed by atoms with Crippen molar-refractivity contribution in [3.8, 4) is 0 Å². The molecule has 2 heterocycles. The average Bonchev–Trinajstić information content (AvgIpc) is 2.72. The molecule has 1 aromatic heterocycles. The monoisotopic (exact) mass is 284 g/mol.